The van der Waals surface area contributed by atoms with Crippen LogP contribution in [0.1, 0.15) is 11.3 Å². The summed E-state index contributed by atoms with van der Waals surface area (Å²) in [7, 11) is 0. The van der Waals surface area contributed by atoms with E-state index in [1.165, 1.54) is 12.1 Å². The van der Waals surface area contributed by atoms with Gasteiger partial charge in [-0.2, -0.15) is 0 Å². The molecule has 1 aromatic heterocycles. The Kier molecular flexibility index (Phi) is 2.65. The van der Waals surface area contributed by atoms with Crippen molar-refractivity contribution in [3.63, 3.8) is 0 Å². The quantitative estimate of drug-likeness (QED) is 0.671. The number of rotatable bonds is 2. The minimum absolute atomic E-state index is 0.239. The average Bonchev–Trinajstić information content (AvgIpc) is 2.82. The fraction of sp³-hybridized carbons (Fsp3) is 0. The van der Waals surface area contributed by atoms with E-state index in [2.05, 4.69) is 5.16 Å². The van der Waals surface area contributed by atoms with Crippen molar-refractivity contribution in [2.45, 2.75) is 0 Å². The molecule has 0 saturated carbocycles. The second kappa shape index (κ2) is 4.45. The standard InChI is InChI=1S/C15H10FNO/c16-12-8-5-11(6-9-12)7-10-15-13-3-1-2-4-14(13)17-18-15/h1-10H/b10-7+. The maximum atomic E-state index is 12.8. The van der Waals surface area contributed by atoms with E-state index in [0.29, 0.717) is 5.76 Å². The maximum absolute atomic E-state index is 12.8. The lowest BCUT2D eigenvalue weighted by Gasteiger charge is -1.92. The van der Waals surface area contributed by atoms with Crippen molar-refractivity contribution in [3.8, 4) is 0 Å². The van der Waals surface area contributed by atoms with Crippen molar-refractivity contribution in [2.24, 2.45) is 0 Å². The monoisotopic (exact) mass is 239 g/mol. The minimum Gasteiger partial charge on any atom is -0.356 e. The molecular formula is C15H10FNO. The second-order valence-corrected chi connectivity index (χ2v) is 3.95. The molecule has 2 aromatic carbocycles. The van der Waals surface area contributed by atoms with E-state index in [4.69, 9.17) is 4.52 Å². The zero-order valence-electron chi connectivity index (χ0n) is 9.51. The lowest BCUT2D eigenvalue weighted by molar-refractivity contribution is 0.421. The van der Waals surface area contributed by atoms with Gasteiger partial charge in [-0.15, -0.1) is 0 Å². The summed E-state index contributed by atoms with van der Waals surface area (Å²) >= 11 is 0. The lowest BCUT2D eigenvalue weighted by Crippen LogP contribution is -1.74. The Morgan fingerprint density at radius 3 is 2.56 bits per heavy atom. The molecule has 0 radical (unpaired) electrons. The van der Waals surface area contributed by atoms with Crippen LogP contribution in [-0.2, 0) is 0 Å². The SMILES string of the molecule is Fc1ccc(/C=C/c2onc3ccccc23)cc1. The molecule has 0 atom stereocenters. The Labute approximate surface area is 103 Å². The zero-order chi connectivity index (χ0) is 12.4. The van der Waals surface area contributed by atoms with Crippen molar-refractivity contribution in [1.82, 2.24) is 5.16 Å². The van der Waals surface area contributed by atoms with Crippen LogP contribution in [-0.4, -0.2) is 5.16 Å². The number of hydrogen-bond donors (Lipinski definition) is 0. The summed E-state index contributed by atoms with van der Waals surface area (Å²) in [5, 5.41) is 4.93. The molecule has 0 amide bonds. The second-order valence-electron chi connectivity index (χ2n) is 3.95. The van der Waals surface area contributed by atoms with Crippen molar-refractivity contribution in [3.05, 3.63) is 65.7 Å². The van der Waals surface area contributed by atoms with Crippen LogP contribution in [0.5, 0.6) is 0 Å². The normalized spacial score (nSPS) is 11.4. The lowest BCUT2D eigenvalue weighted by atomic mass is 10.1. The molecule has 0 unspecified atom stereocenters. The Morgan fingerprint density at radius 1 is 0.944 bits per heavy atom. The molecule has 0 N–H and O–H groups in total. The molecule has 0 aliphatic carbocycles. The van der Waals surface area contributed by atoms with Gasteiger partial charge < -0.3 is 4.52 Å². The molecular weight excluding hydrogens is 229 g/mol. The fourth-order valence-corrected chi connectivity index (χ4v) is 1.78. The molecule has 3 heteroatoms. The van der Waals surface area contributed by atoms with Crippen LogP contribution in [0, 0.1) is 5.82 Å². The number of aromatic nitrogens is 1. The highest BCUT2D eigenvalue weighted by Gasteiger charge is 2.03. The topological polar surface area (TPSA) is 26.0 Å². The van der Waals surface area contributed by atoms with Crippen molar-refractivity contribution >= 4 is 23.1 Å². The number of benzene rings is 2. The van der Waals surface area contributed by atoms with E-state index in [1.54, 1.807) is 12.1 Å². The van der Waals surface area contributed by atoms with Gasteiger partial charge in [0.2, 0.25) is 0 Å². The van der Waals surface area contributed by atoms with E-state index < -0.39 is 0 Å². The third kappa shape index (κ3) is 2.02. The summed E-state index contributed by atoms with van der Waals surface area (Å²) in [6.07, 6.45) is 3.70. The summed E-state index contributed by atoms with van der Waals surface area (Å²) in [5.41, 5.74) is 1.74. The van der Waals surface area contributed by atoms with Gasteiger partial charge >= 0.3 is 0 Å². The first-order chi connectivity index (χ1) is 8.83. The molecule has 1 heterocycles. The predicted molar refractivity (Wildman–Crippen MR) is 69.3 cm³/mol. The first-order valence-electron chi connectivity index (χ1n) is 5.61. The fourth-order valence-electron chi connectivity index (χ4n) is 1.78. The summed E-state index contributed by atoms with van der Waals surface area (Å²) < 4.78 is 18.0. The number of fused-ring (bicyclic) bond motifs is 1. The van der Waals surface area contributed by atoms with Crippen LogP contribution in [0.2, 0.25) is 0 Å². The summed E-state index contributed by atoms with van der Waals surface area (Å²) in [6, 6.07) is 14.0. The van der Waals surface area contributed by atoms with Gasteiger partial charge in [-0.25, -0.2) is 4.39 Å². The predicted octanol–water partition coefficient (Wildman–Crippen LogP) is 4.14. The molecule has 3 rings (SSSR count). The van der Waals surface area contributed by atoms with Gasteiger partial charge in [0, 0.05) is 5.39 Å². The molecule has 88 valence electrons. The van der Waals surface area contributed by atoms with Gasteiger partial charge in [0.1, 0.15) is 11.3 Å². The van der Waals surface area contributed by atoms with Crippen molar-refractivity contribution in [2.75, 3.05) is 0 Å². The Hall–Kier alpha value is -2.42. The van der Waals surface area contributed by atoms with Gasteiger partial charge in [-0.05, 0) is 35.9 Å². The van der Waals surface area contributed by atoms with Crippen molar-refractivity contribution < 1.29 is 8.91 Å². The first-order valence-corrected chi connectivity index (χ1v) is 5.61. The number of hydrogen-bond acceptors (Lipinski definition) is 2. The van der Waals surface area contributed by atoms with Crippen LogP contribution in [0.15, 0.2) is 53.1 Å². The van der Waals surface area contributed by atoms with Gasteiger partial charge in [0.25, 0.3) is 0 Å². The van der Waals surface area contributed by atoms with E-state index >= 15 is 0 Å². The highest BCUT2D eigenvalue weighted by molar-refractivity contribution is 5.88. The molecule has 3 aromatic rings. The molecule has 0 bridgehead atoms. The highest BCUT2D eigenvalue weighted by Crippen LogP contribution is 2.19. The van der Waals surface area contributed by atoms with E-state index in [0.717, 1.165) is 16.5 Å². The number of halogens is 1. The highest BCUT2D eigenvalue weighted by atomic mass is 19.1. The first kappa shape index (κ1) is 10.7. The van der Waals surface area contributed by atoms with E-state index in [9.17, 15) is 4.39 Å². The smallest absolute Gasteiger partial charge is 0.167 e. The van der Waals surface area contributed by atoms with Gasteiger partial charge in [-0.1, -0.05) is 35.5 Å². The van der Waals surface area contributed by atoms with Crippen LogP contribution in [0.3, 0.4) is 0 Å². The molecule has 18 heavy (non-hydrogen) atoms. The minimum atomic E-state index is -0.239. The molecule has 0 spiro atoms. The molecule has 0 aliphatic heterocycles. The van der Waals surface area contributed by atoms with Gasteiger partial charge in [0.05, 0.1) is 0 Å². The average molecular weight is 239 g/mol. The summed E-state index contributed by atoms with van der Waals surface area (Å²) in [5.74, 6) is 0.465. The Morgan fingerprint density at radius 2 is 1.72 bits per heavy atom. The van der Waals surface area contributed by atoms with Crippen molar-refractivity contribution in [1.29, 1.82) is 0 Å². The summed E-state index contributed by atoms with van der Waals surface area (Å²) in [4.78, 5) is 0. The Balaban J connectivity index is 1.94. The molecule has 0 saturated heterocycles. The third-order valence-corrected chi connectivity index (χ3v) is 2.71. The molecule has 0 aliphatic rings. The zero-order valence-corrected chi connectivity index (χ0v) is 9.51. The van der Waals surface area contributed by atoms with E-state index in [-0.39, 0.29) is 5.82 Å². The van der Waals surface area contributed by atoms with Crippen LogP contribution < -0.4 is 0 Å². The molecule has 0 fully saturated rings. The van der Waals surface area contributed by atoms with E-state index in [1.807, 2.05) is 36.4 Å². The maximum Gasteiger partial charge on any atom is 0.167 e. The van der Waals surface area contributed by atoms with Gasteiger partial charge in [0.15, 0.2) is 5.76 Å². The summed E-state index contributed by atoms with van der Waals surface area (Å²) in [6.45, 7) is 0. The third-order valence-electron chi connectivity index (χ3n) is 2.71. The number of nitrogens with zero attached hydrogens (tertiary/aromatic N) is 1. The van der Waals surface area contributed by atoms with Crippen LogP contribution >= 0.6 is 0 Å². The molecule has 2 nitrogen and oxygen atoms in total. The largest absolute Gasteiger partial charge is 0.356 e. The Bertz CT molecular complexity index is 698. The van der Waals surface area contributed by atoms with Crippen LogP contribution in [0.4, 0.5) is 4.39 Å². The van der Waals surface area contributed by atoms with Gasteiger partial charge in [-0.3, -0.25) is 0 Å². The van der Waals surface area contributed by atoms with Crippen LogP contribution in [0.25, 0.3) is 23.1 Å².